The second kappa shape index (κ2) is 8.03. The number of ether oxygens (including phenoxy) is 2. The zero-order valence-corrected chi connectivity index (χ0v) is 14.4. The number of halogens is 2. The zero-order valence-electron chi connectivity index (χ0n) is 12.2. The van der Waals surface area contributed by atoms with Crippen LogP contribution in [0.15, 0.2) is 49.1 Å². The quantitative estimate of drug-likeness (QED) is 0.531. The highest BCUT2D eigenvalue weighted by molar-refractivity contribution is 14.1. The maximum Gasteiger partial charge on any atom is 0.174 e. The lowest BCUT2D eigenvalue weighted by Gasteiger charge is -2.14. The summed E-state index contributed by atoms with van der Waals surface area (Å²) in [5.74, 6) is 1.16. The van der Waals surface area contributed by atoms with Crippen LogP contribution in [0.2, 0.25) is 0 Å². The van der Waals surface area contributed by atoms with E-state index in [1.807, 2.05) is 12.1 Å². The van der Waals surface area contributed by atoms with Crippen LogP contribution in [-0.4, -0.2) is 13.7 Å². The number of rotatable bonds is 7. The summed E-state index contributed by atoms with van der Waals surface area (Å²) in [4.78, 5) is 0. The van der Waals surface area contributed by atoms with Crippen molar-refractivity contribution in [1.29, 1.82) is 0 Å². The second-order valence-corrected chi connectivity index (χ2v) is 5.73. The molecule has 0 amide bonds. The van der Waals surface area contributed by atoms with Gasteiger partial charge in [0.25, 0.3) is 0 Å². The molecule has 0 spiro atoms. The van der Waals surface area contributed by atoms with Gasteiger partial charge in [0.15, 0.2) is 11.5 Å². The predicted molar refractivity (Wildman–Crippen MR) is 95.1 cm³/mol. The fourth-order valence-corrected chi connectivity index (χ4v) is 2.75. The lowest BCUT2D eigenvalue weighted by Crippen LogP contribution is -2.03. The molecule has 2 aromatic carbocycles. The Morgan fingerprint density at radius 2 is 2.00 bits per heavy atom. The molecule has 0 bridgehead atoms. The van der Waals surface area contributed by atoms with E-state index in [4.69, 9.17) is 9.47 Å². The van der Waals surface area contributed by atoms with Gasteiger partial charge in [0.2, 0.25) is 0 Å². The van der Waals surface area contributed by atoms with Crippen molar-refractivity contribution in [2.45, 2.75) is 6.54 Å². The van der Waals surface area contributed by atoms with Crippen molar-refractivity contribution in [2.75, 3.05) is 19.0 Å². The van der Waals surface area contributed by atoms with Crippen LogP contribution in [0.3, 0.4) is 0 Å². The first-order valence-electron chi connectivity index (χ1n) is 6.73. The fourth-order valence-electron chi connectivity index (χ4n) is 1.93. The first-order valence-corrected chi connectivity index (χ1v) is 7.81. The summed E-state index contributed by atoms with van der Waals surface area (Å²) < 4.78 is 24.9. The Labute approximate surface area is 143 Å². The van der Waals surface area contributed by atoms with E-state index in [-0.39, 0.29) is 5.82 Å². The van der Waals surface area contributed by atoms with Gasteiger partial charge in [-0.3, -0.25) is 0 Å². The topological polar surface area (TPSA) is 30.5 Å². The van der Waals surface area contributed by atoms with E-state index in [2.05, 4.69) is 34.5 Å². The third kappa shape index (κ3) is 4.37. The average Bonchev–Trinajstić information content (AvgIpc) is 2.53. The van der Waals surface area contributed by atoms with E-state index in [9.17, 15) is 4.39 Å². The van der Waals surface area contributed by atoms with Crippen LogP contribution in [0.4, 0.5) is 10.1 Å². The molecule has 0 heterocycles. The summed E-state index contributed by atoms with van der Waals surface area (Å²) in [7, 11) is 1.61. The van der Waals surface area contributed by atoms with Gasteiger partial charge in [0, 0.05) is 12.2 Å². The van der Waals surface area contributed by atoms with E-state index in [1.54, 1.807) is 25.3 Å². The van der Waals surface area contributed by atoms with E-state index in [0.717, 1.165) is 14.8 Å². The molecule has 3 nitrogen and oxygen atoms in total. The van der Waals surface area contributed by atoms with E-state index in [0.29, 0.717) is 24.7 Å². The Morgan fingerprint density at radius 1 is 1.27 bits per heavy atom. The molecule has 0 aliphatic heterocycles. The van der Waals surface area contributed by atoms with Crippen LogP contribution in [0.1, 0.15) is 5.56 Å². The molecule has 0 saturated carbocycles. The van der Waals surface area contributed by atoms with E-state index in [1.165, 1.54) is 12.1 Å². The lowest BCUT2D eigenvalue weighted by atomic mass is 10.2. The maximum absolute atomic E-state index is 12.9. The molecular formula is C17H17FINO2. The van der Waals surface area contributed by atoms with Crippen molar-refractivity contribution < 1.29 is 13.9 Å². The predicted octanol–water partition coefficient (Wildman–Crippen LogP) is 4.62. The number of methoxy groups -OCH3 is 1. The van der Waals surface area contributed by atoms with Gasteiger partial charge in [-0.1, -0.05) is 12.7 Å². The van der Waals surface area contributed by atoms with Crippen LogP contribution >= 0.6 is 22.6 Å². The van der Waals surface area contributed by atoms with E-state index >= 15 is 0 Å². The van der Waals surface area contributed by atoms with Gasteiger partial charge in [-0.25, -0.2) is 4.39 Å². The molecule has 0 aliphatic rings. The van der Waals surface area contributed by atoms with Crippen LogP contribution in [0, 0.1) is 9.39 Å². The molecule has 2 rings (SSSR count). The van der Waals surface area contributed by atoms with Crippen LogP contribution in [0.25, 0.3) is 0 Å². The summed E-state index contributed by atoms with van der Waals surface area (Å²) in [5.41, 5.74) is 1.92. The monoisotopic (exact) mass is 413 g/mol. The molecule has 0 aromatic heterocycles. The highest BCUT2D eigenvalue weighted by atomic mass is 127. The van der Waals surface area contributed by atoms with Gasteiger partial charge in [-0.15, -0.1) is 0 Å². The van der Waals surface area contributed by atoms with Gasteiger partial charge in [0.1, 0.15) is 12.4 Å². The smallest absolute Gasteiger partial charge is 0.174 e. The molecule has 1 N–H and O–H groups in total. The Kier molecular flexibility index (Phi) is 6.06. The van der Waals surface area contributed by atoms with Gasteiger partial charge in [-0.05, 0) is 64.6 Å². The van der Waals surface area contributed by atoms with Crippen LogP contribution in [0.5, 0.6) is 11.5 Å². The van der Waals surface area contributed by atoms with Crippen molar-refractivity contribution in [3.63, 3.8) is 0 Å². The normalized spacial score (nSPS) is 10.1. The largest absolute Gasteiger partial charge is 0.493 e. The van der Waals surface area contributed by atoms with Gasteiger partial charge < -0.3 is 14.8 Å². The zero-order chi connectivity index (χ0) is 15.9. The Bertz CT molecular complexity index is 644. The summed E-state index contributed by atoms with van der Waals surface area (Å²) in [6, 6.07) is 10.2. The van der Waals surface area contributed by atoms with Gasteiger partial charge in [0.05, 0.1) is 10.7 Å². The standard InChI is InChI=1S/C17H17FINO2/c1-3-8-22-17-15(19)9-12(10-16(17)21-2)11-20-14-6-4-13(18)5-7-14/h3-7,9-10,20H,1,8,11H2,2H3. The molecule has 2 aromatic rings. The average molecular weight is 413 g/mol. The summed E-state index contributed by atoms with van der Waals surface area (Å²) in [6.07, 6.45) is 1.69. The lowest BCUT2D eigenvalue weighted by molar-refractivity contribution is 0.324. The van der Waals surface area contributed by atoms with Gasteiger partial charge >= 0.3 is 0 Å². The molecule has 5 heteroatoms. The Balaban J connectivity index is 2.12. The highest BCUT2D eigenvalue weighted by Gasteiger charge is 2.11. The maximum atomic E-state index is 12.9. The molecule has 0 unspecified atom stereocenters. The molecule has 0 atom stereocenters. The van der Waals surface area contributed by atoms with Crippen LogP contribution in [-0.2, 0) is 6.54 Å². The first-order chi connectivity index (χ1) is 10.6. The van der Waals surface area contributed by atoms with E-state index < -0.39 is 0 Å². The Hall–Kier alpha value is -1.76. The molecular weight excluding hydrogens is 396 g/mol. The van der Waals surface area contributed by atoms with Crippen molar-refractivity contribution in [3.05, 3.63) is 64.0 Å². The third-order valence-electron chi connectivity index (χ3n) is 2.98. The molecule has 0 fully saturated rings. The fraction of sp³-hybridized carbons (Fsp3) is 0.176. The minimum atomic E-state index is -0.245. The Morgan fingerprint density at radius 3 is 2.64 bits per heavy atom. The number of benzene rings is 2. The van der Waals surface area contributed by atoms with Gasteiger partial charge in [-0.2, -0.15) is 0 Å². The molecule has 22 heavy (non-hydrogen) atoms. The van der Waals surface area contributed by atoms with Crippen molar-refractivity contribution in [2.24, 2.45) is 0 Å². The minimum absolute atomic E-state index is 0.245. The van der Waals surface area contributed by atoms with Crippen LogP contribution < -0.4 is 14.8 Å². The van der Waals surface area contributed by atoms with Crippen molar-refractivity contribution in [1.82, 2.24) is 0 Å². The number of anilines is 1. The summed E-state index contributed by atoms with van der Waals surface area (Å²) in [6.45, 7) is 4.68. The molecule has 116 valence electrons. The molecule has 0 radical (unpaired) electrons. The molecule has 0 aliphatic carbocycles. The number of hydrogen-bond donors (Lipinski definition) is 1. The third-order valence-corrected chi connectivity index (χ3v) is 3.78. The minimum Gasteiger partial charge on any atom is -0.493 e. The SMILES string of the molecule is C=CCOc1c(I)cc(CNc2ccc(F)cc2)cc1OC. The summed E-state index contributed by atoms with van der Waals surface area (Å²) >= 11 is 2.22. The number of hydrogen-bond acceptors (Lipinski definition) is 3. The second-order valence-electron chi connectivity index (χ2n) is 4.57. The first kappa shape index (κ1) is 16.6. The summed E-state index contributed by atoms with van der Waals surface area (Å²) in [5, 5.41) is 3.25. The number of nitrogens with one attached hydrogen (secondary N) is 1. The van der Waals surface area contributed by atoms with Crippen molar-refractivity contribution >= 4 is 28.3 Å². The van der Waals surface area contributed by atoms with Crippen molar-refractivity contribution in [3.8, 4) is 11.5 Å². The highest BCUT2D eigenvalue weighted by Crippen LogP contribution is 2.34. The molecule has 0 saturated heterocycles.